The fourth-order valence-corrected chi connectivity index (χ4v) is 3.47. The van der Waals surface area contributed by atoms with E-state index in [9.17, 15) is 4.79 Å². The first-order valence-corrected chi connectivity index (χ1v) is 9.64. The van der Waals surface area contributed by atoms with Gasteiger partial charge in [-0.25, -0.2) is 4.98 Å². The van der Waals surface area contributed by atoms with Gasteiger partial charge in [0.2, 0.25) is 0 Å². The highest BCUT2D eigenvalue weighted by Crippen LogP contribution is 2.26. The minimum absolute atomic E-state index is 0.123. The van der Waals surface area contributed by atoms with E-state index in [0.717, 1.165) is 5.13 Å². The zero-order valence-corrected chi connectivity index (χ0v) is 15.8. The smallest absolute Gasteiger partial charge is 0.270 e. The molecular weight excluding hydrogens is 332 g/mol. The summed E-state index contributed by atoms with van der Waals surface area (Å²) in [4.78, 5) is 16.7. The predicted molar refractivity (Wildman–Crippen MR) is 103 cm³/mol. The molecule has 1 amide bonds. The zero-order valence-electron chi connectivity index (χ0n) is 15.0. The molecule has 1 heterocycles. The number of anilines is 1. The van der Waals surface area contributed by atoms with Crippen LogP contribution in [-0.2, 0) is 0 Å². The fourth-order valence-electron chi connectivity index (χ4n) is 2.70. The Morgan fingerprint density at radius 2 is 2.04 bits per heavy atom. The molecule has 3 N–H and O–H groups in total. The van der Waals surface area contributed by atoms with Gasteiger partial charge in [-0.2, -0.15) is 0 Å². The number of carbonyl (C=O) groups excluding carboxylic acids is 1. The Hall–Kier alpha value is -1.92. The summed E-state index contributed by atoms with van der Waals surface area (Å²) in [5, 5.41) is 12.5. The fraction of sp³-hybridized carbons (Fsp3) is 0.474. The van der Waals surface area contributed by atoms with Crippen LogP contribution in [0.5, 0.6) is 0 Å². The third-order valence-corrected chi connectivity index (χ3v) is 5.01. The summed E-state index contributed by atoms with van der Waals surface area (Å²) in [6, 6.07) is 11.1. The van der Waals surface area contributed by atoms with Gasteiger partial charge in [-0.1, -0.05) is 30.3 Å². The van der Waals surface area contributed by atoms with Crippen molar-refractivity contribution in [2.75, 3.05) is 11.9 Å². The third kappa shape index (κ3) is 5.28. The minimum atomic E-state index is -0.226. The first-order valence-electron chi connectivity index (χ1n) is 8.76. The Morgan fingerprint density at radius 3 is 2.72 bits per heavy atom. The second-order valence-corrected chi connectivity index (χ2v) is 8.16. The molecule has 1 atom stereocenters. The summed E-state index contributed by atoms with van der Waals surface area (Å²) in [5.74, 6) is -0.123. The molecule has 1 fully saturated rings. The van der Waals surface area contributed by atoms with Crippen LogP contribution >= 0.6 is 11.3 Å². The average molecular weight is 359 g/mol. The van der Waals surface area contributed by atoms with E-state index in [-0.39, 0.29) is 17.5 Å². The lowest BCUT2D eigenvalue weighted by Gasteiger charge is -2.30. The standard InChI is InChI=1S/C19H26N4OS/c1-13(14-7-5-4-6-8-14)23-19(2,3)12-20-17(24)16-11-25-18(22-16)21-15-9-10-15/h4-8,11,13,15,23H,9-10,12H2,1-3H3,(H,20,24)(H,21,22)/t13-/m1/s1. The Labute approximate surface area is 153 Å². The first-order chi connectivity index (χ1) is 11.9. The molecule has 0 saturated heterocycles. The van der Waals surface area contributed by atoms with Gasteiger partial charge in [0.1, 0.15) is 5.69 Å². The van der Waals surface area contributed by atoms with E-state index < -0.39 is 0 Å². The number of nitrogens with one attached hydrogen (secondary N) is 3. The summed E-state index contributed by atoms with van der Waals surface area (Å²) in [5.41, 5.74) is 1.49. The molecule has 3 rings (SSSR count). The molecule has 0 radical (unpaired) electrons. The van der Waals surface area contributed by atoms with Crippen LogP contribution < -0.4 is 16.0 Å². The molecule has 6 heteroatoms. The number of thiazole rings is 1. The number of benzene rings is 1. The Bertz CT molecular complexity index is 709. The van der Waals surface area contributed by atoms with E-state index in [4.69, 9.17) is 0 Å². The summed E-state index contributed by atoms with van der Waals surface area (Å²) >= 11 is 1.49. The van der Waals surface area contributed by atoms with Crippen LogP contribution in [0.15, 0.2) is 35.7 Å². The van der Waals surface area contributed by atoms with Crippen molar-refractivity contribution in [3.05, 3.63) is 47.0 Å². The molecule has 2 aromatic rings. The van der Waals surface area contributed by atoms with Crippen molar-refractivity contribution in [3.8, 4) is 0 Å². The van der Waals surface area contributed by atoms with Crippen molar-refractivity contribution in [2.24, 2.45) is 0 Å². The molecule has 1 aromatic heterocycles. The lowest BCUT2D eigenvalue weighted by atomic mass is 10.0. The number of aromatic nitrogens is 1. The predicted octanol–water partition coefficient (Wildman–Crippen LogP) is 3.58. The number of amides is 1. The SMILES string of the molecule is C[C@@H](NC(C)(C)CNC(=O)c1csc(NC2CC2)n1)c1ccccc1. The molecule has 0 aliphatic heterocycles. The maximum atomic E-state index is 12.3. The van der Waals surface area contributed by atoms with Crippen LogP contribution in [0.1, 0.15) is 55.7 Å². The number of rotatable bonds is 8. The summed E-state index contributed by atoms with van der Waals surface area (Å²) in [6.45, 7) is 6.85. The van der Waals surface area contributed by atoms with E-state index >= 15 is 0 Å². The van der Waals surface area contributed by atoms with Gasteiger partial charge in [0.25, 0.3) is 5.91 Å². The van der Waals surface area contributed by atoms with Gasteiger partial charge in [-0.05, 0) is 39.2 Å². The Morgan fingerprint density at radius 1 is 1.32 bits per heavy atom. The third-order valence-electron chi connectivity index (χ3n) is 4.24. The number of carbonyl (C=O) groups is 1. The molecular formula is C19H26N4OS. The number of hydrogen-bond acceptors (Lipinski definition) is 5. The Kier molecular flexibility index (Phi) is 5.39. The summed E-state index contributed by atoms with van der Waals surface area (Å²) < 4.78 is 0. The van der Waals surface area contributed by atoms with E-state index in [1.54, 1.807) is 0 Å². The van der Waals surface area contributed by atoms with Crippen LogP contribution in [-0.4, -0.2) is 29.0 Å². The first kappa shape index (κ1) is 17.9. The van der Waals surface area contributed by atoms with Gasteiger partial charge in [-0.15, -0.1) is 11.3 Å². The number of nitrogens with zero attached hydrogens (tertiary/aromatic N) is 1. The van der Waals surface area contributed by atoms with Crippen molar-refractivity contribution in [1.29, 1.82) is 0 Å². The van der Waals surface area contributed by atoms with Gasteiger partial charge in [0.05, 0.1) is 0 Å². The second kappa shape index (κ2) is 7.54. The molecule has 0 spiro atoms. The van der Waals surface area contributed by atoms with Crippen molar-refractivity contribution in [1.82, 2.24) is 15.6 Å². The second-order valence-electron chi connectivity index (χ2n) is 7.30. The molecule has 5 nitrogen and oxygen atoms in total. The van der Waals surface area contributed by atoms with E-state index in [0.29, 0.717) is 18.3 Å². The highest BCUT2D eigenvalue weighted by molar-refractivity contribution is 7.13. The lowest BCUT2D eigenvalue weighted by molar-refractivity contribution is 0.0936. The molecule has 0 bridgehead atoms. The van der Waals surface area contributed by atoms with E-state index in [2.05, 4.69) is 53.8 Å². The van der Waals surface area contributed by atoms with E-state index in [1.165, 1.54) is 29.7 Å². The normalized spacial score (nSPS) is 15.6. The largest absolute Gasteiger partial charge is 0.359 e. The van der Waals surface area contributed by atoms with Gasteiger partial charge in [-0.3, -0.25) is 4.79 Å². The molecule has 1 saturated carbocycles. The quantitative estimate of drug-likeness (QED) is 0.675. The molecule has 1 aliphatic carbocycles. The zero-order chi connectivity index (χ0) is 17.9. The van der Waals surface area contributed by atoms with Gasteiger partial charge >= 0.3 is 0 Å². The van der Waals surface area contributed by atoms with E-state index in [1.807, 2.05) is 23.6 Å². The topological polar surface area (TPSA) is 66.0 Å². The van der Waals surface area contributed by atoms with Crippen molar-refractivity contribution < 1.29 is 4.79 Å². The van der Waals surface area contributed by atoms with Crippen molar-refractivity contribution >= 4 is 22.4 Å². The van der Waals surface area contributed by atoms with Gasteiger partial charge in [0, 0.05) is 29.5 Å². The van der Waals surface area contributed by atoms with Gasteiger partial charge in [0.15, 0.2) is 5.13 Å². The molecule has 1 aliphatic rings. The average Bonchev–Trinajstić information content (AvgIpc) is 3.28. The van der Waals surface area contributed by atoms with Crippen LogP contribution in [0.4, 0.5) is 5.13 Å². The van der Waals surface area contributed by atoms with Crippen molar-refractivity contribution in [3.63, 3.8) is 0 Å². The molecule has 1 aromatic carbocycles. The van der Waals surface area contributed by atoms with Crippen LogP contribution in [0.3, 0.4) is 0 Å². The van der Waals surface area contributed by atoms with Crippen molar-refractivity contribution in [2.45, 2.75) is 51.2 Å². The minimum Gasteiger partial charge on any atom is -0.359 e. The van der Waals surface area contributed by atoms with Crippen LogP contribution in [0.25, 0.3) is 0 Å². The highest BCUT2D eigenvalue weighted by atomic mass is 32.1. The van der Waals surface area contributed by atoms with Crippen LogP contribution in [0, 0.1) is 0 Å². The molecule has 25 heavy (non-hydrogen) atoms. The summed E-state index contributed by atoms with van der Waals surface area (Å²) in [7, 11) is 0. The number of hydrogen-bond donors (Lipinski definition) is 3. The maximum absolute atomic E-state index is 12.3. The van der Waals surface area contributed by atoms with Gasteiger partial charge < -0.3 is 16.0 Å². The molecule has 0 unspecified atom stereocenters. The molecule has 134 valence electrons. The maximum Gasteiger partial charge on any atom is 0.270 e. The van der Waals surface area contributed by atoms with Crippen LogP contribution in [0.2, 0.25) is 0 Å². The monoisotopic (exact) mass is 358 g/mol. The summed E-state index contributed by atoms with van der Waals surface area (Å²) in [6.07, 6.45) is 2.39. The highest BCUT2D eigenvalue weighted by Gasteiger charge is 2.24. The Balaban J connectivity index is 1.50. The lowest BCUT2D eigenvalue weighted by Crippen LogP contribution is -2.49.